The lowest BCUT2D eigenvalue weighted by molar-refractivity contribution is -0.893. The first kappa shape index (κ1) is 17.4. The van der Waals surface area contributed by atoms with Crippen molar-refractivity contribution in [3.63, 3.8) is 0 Å². The predicted molar refractivity (Wildman–Crippen MR) is 71.8 cm³/mol. The molecule has 0 spiro atoms. The Morgan fingerprint density at radius 3 is 2.30 bits per heavy atom. The maximum absolute atomic E-state index is 12.5. The van der Waals surface area contributed by atoms with Gasteiger partial charge in [0.25, 0.3) is 0 Å². The molecular formula is C13H18IN3O2S. The molecule has 0 atom stereocenters. The fourth-order valence-electron chi connectivity index (χ4n) is 2.15. The number of nitriles is 1. The molecule has 0 amide bonds. The van der Waals surface area contributed by atoms with Crippen LogP contribution in [-0.4, -0.2) is 57.5 Å². The maximum atomic E-state index is 12.5. The van der Waals surface area contributed by atoms with Crippen LogP contribution in [0.4, 0.5) is 0 Å². The van der Waals surface area contributed by atoms with Gasteiger partial charge in [0.2, 0.25) is 10.0 Å². The average Bonchev–Trinajstić information content (AvgIpc) is 2.38. The van der Waals surface area contributed by atoms with E-state index in [1.54, 1.807) is 12.1 Å². The van der Waals surface area contributed by atoms with Gasteiger partial charge in [-0.25, -0.2) is 8.42 Å². The first-order chi connectivity index (χ1) is 8.87. The van der Waals surface area contributed by atoms with Gasteiger partial charge in [-0.3, -0.25) is 0 Å². The third kappa shape index (κ3) is 3.49. The molecule has 1 fully saturated rings. The fraction of sp³-hybridized carbons (Fsp3) is 0.462. The van der Waals surface area contributed by atoms with E-state index in [0.29, 0.717) is 13.1 Å². The molecule has 0 N–H and O–H groups in total. The van der Waals surface area contributed by atoms with Crippen molar-refractivity contribution in [2.24, 2.45) is 0 Å². The van der Waals surface area contributed by atoms with Gasteiger partial charge in [0.15, 0.2) is 0 Å². The van der Waals surface area contributed by atoms with Crippen molar-refractivity contribution in [1.29, 1.82) is 5.26 Å². The highest BCUT2D eigenvalue weighted by molar-refractivity contribution is 7.89. The molecule has 0 aliphatic carbocycles. The molecule has 1 aliphatic heterocycles. The minimum atomic E-state index is -3.55. The van der Waals surface area contributed by atoms with Gasteiger partial charge < -0.3 is 28.5 Å². The van der Waals surface area contributed by atoms with Crippen molar-refractivity contribution in [3.8, 4) is 6.07 Å². The number of likely N-dealkylation sites (N-methyl/N-ethyl adjacent to an activating group) is 1. The van der Waals surface area contributed by atoms with E-state index in [9.17, 15) is 8.42 Å². The molecule has 1 saturated heterocycles. The van der Waals surface area contributed by atoms with Gasteiger partial charge in [0.05, 0.1) is 50.7 Å². The van der Waals surface area contributed by atoms with Crippen LogP contribution in [-0.2, 0) is 10.0 Å². The number of hydrogen-bond acceptors (Lipinski definition) is 3. The van der Waals surface area contributed by atoms with Crippen molar-refractivity contribution in [3.05, 3.63) is 29.8 Å². The Morgan fingerprint density at radius 2 is 1.75 bits per heavy atom. The molecule has 0 unspecified atom stereocenters. The molecule has 0 bridgehead atoms. The van der Waals surface area contributed by atoms with Crippen molar-refractivity contribution in [1.82, 2.24) is 4.31 Å². The Labute approximate surface area is 137 Å². The standard InChI is InChI=1S/C13H18N3O2S.HI/c1-16(2)9-7-15(8-10-16)19(17,18)13-6-4-3-5-12(13)11-14;/h3-6H,7-10H2,1-2H3;1H/q+1;/p-1. The zero-order valence-electron chi connectivity index (χ0n) is 11.6. The van der Waals surface area contributed by atoms with E-state index in [4.69, 9.17) is 5.26 Å². The monoisotopic (exact) mass is 407 g/mol. The number of piperazine rings is 1. The summed E-state index contributed by atoms with van der Waals surface area (Å²) in [6.45, 7) is 2.56. The third-order valence-electron chi connectivity index (χ3n) is 3.53. The molecule has 7 heteroatoms. The van der Waals surface area contributed by atoms with E-state index < -0.39 is 10.0 Å². The van der Waals surface area contributed by atoms with Gasteiger partial charge in [0.1, 0.15) is 6.07 Å². The summed E-state index contributed by atoms with van der Waals surface area (Å²) < 4.78 is 27.4. The van der Waals surface area contributed by atoms with Gasteiger partial charge >= 0.3 is 0 Å². The summed E-state index contributed by atoms with van der Waals surface area (Å²) in [4.78, 5) is 0.115. The second-order valence-corrected chi connectivity index (χ2v) is 7.30. The normalized spacial score (nSPS) is 18.9. The number of nitrogens with zero attached hydrogens (tertiary/aromatic N) is 3. The van der Waals surface area contributed by atoms with E-state index in [0.717, 1.165) is 17.6 Å². The number of quaternary nitrogens is 1. The maximum Gasteiger partial charge on any atom is 0.244 e. The van der Waals surface area contributed by atoms with Crippen LogP contribution in [0.25, 0.3) is 0 Å². The highest BCUT2D eigenvalue weighted by Crippen LogP contribution is 2.21. The Bertz CT molecular complexity index is 613. The minimum absolute atomic E-state index is 0. The third-order valence-corrected chi connectivity index (χ3v) is 5.49. The summed E-state index contributed by atoms with van der Waals surface area (Å²) in [6.07, 6.45) is 0. The highest BCUT2D eigenvalue weighted by atomic mass is 127. The fourth-order valence-corrected chi connectivity index (χ4v) is 3.72. The summed E-state index contributed by atoms with van der Waals surface area (Å²) in [5.41, 5.74) is 0.210. The van der Waals surface area contributed by atoms with Crippen LogP contribution in [0.15, 0.2) is 29.2 Å². The molecule has 0 aromatic heterocycles. The van der Waals surface area contributed by atoms with Crippen molar-refractivity contribution in [2.45, 2.75) is 4.90 Å². The molecule has 1 aromatic carbocycles. The SMILES string of the molecule is C[N+]1(C)CCN(S(=O)(=O)c2ccccc2C#N)CC1.[I-]. The number of halogens is 1. The van der Waals surface area contributed by atoms with Crippen LogP contribution in [0.3, 0.4) is 0 Å². The van der Waals surface area contributed by atoms with E-state index in [1.165, 1.54) is 16.4 Å². The first-order valence-corrected chi connectivity index (χ1v) is 7.62. The Morgan fingerprint density at radius 1 is 1.20 bits per heavy atom. The zero-order chi connectivity index (χ0) is 14.1. The smallest absolute Gasteiger partial charge is 0.244 e. The number of rotatable bonds is 2. The number of sulfonamides is 1. The zero-order valence-corrected chi connectivity index (χ0v) is 14.6. The molecule has 5 nitrogen and oxygen atoms in total. The van der Waals surface area contributed by atoms with Gasteiger partial charge in [-0.2, -0.15) is 9.57 Å². The molecule has 110 valence electrons. The molecule has 0 saturated carbocycles. The molecule has 0 radical (unpaired) electrons. The van der Waals surface area contributed by atoms with Gasteiger partial charge in [0, 0.05) is 0 Å². The van der Waals surface area contributed by atoms with Crippen LogP contribution in [0.2, 0.25) is 0 Å². The highest BCUT2D eigenvalue weighted by Gasteiger charge is 2.33. The first-order valence-electron chi connectivity index (χ1n) is 6.18. The lowest BCUT2D eigenvalue weighted by atomic mass is 10.2. The summed E-state index contributed by atoms with van der Waals surface area (Å²) in [7, 11) is 0.627. The van der Waals surface area contributed by atoms with Crippen LogP contribution >= 0.6 is 0 Å². The van der Waals surface area contributed by atoms with Gasteiger partial charge in [-0.1, -0.05) is 12.1 Å². The van der Waals surface area contributed by atoms with E-state index in [-0.39, 0.29) is 34.4 Å². The average molecular weight is 407 g/mol. The Hall–Kier alpha value is -0.690. The molecule has 20 heavy (non-hydrogen) atoms. The summed E-state index contributed by atoms with van der Waals surface area (Å²) >= 11 is 0. The van der Waals surface area contributed by atoms with Crippen LogP contribution in [0.1, 0.15) is 5.56 Å². The number of benzene rings is 1. The summed E-state index contributed by atoms with van der Waals surface area (Å²) in [6, 6.07) is 8.31. The van der Waals surface area contributed by atoms with Crippen LogP contribution in [0.5, 0.6) is 0 Å². The van der Waals surface area contributed by atoms with E-state index >= 15 is 0 Å². The van der Waals surface area contributed by atoms with Crippen molar-refractivity contribution in [2.75, 3.05) is 40.3 Å². The largest absolute Gasteiger partial charge is 1.00 e. The molecule has 1 aromatic rings. The number of hydrogen-bond donors (Lipinski definition) is 0. The topological polar surface area (TPSA) is 61.2 Å². The van der Waals surface area contributed by atoms with Gasteiger partial charge in [-0.05, 0) is 12.1 Å². The van der Waals surface area contributed by atoms with Gasteiger partial charge in [-0.15, -0.1) is 0 Å². The molecule has 1 aliphatic rings. The summed E-state index contributed by atoms with van der Waals surface area (Å²) in [5, 5.41) is 9.03. The molecular weight excluding hydrogens is 389 g/mol. The van der Waals surface area contributed by atoms with Crippen LogP contribution < -0.4 is 24.0 Å². The minimum Gasteiger partial charge on any atom is -1.00 e. The second-order valence-electron chi connectivity index (χ2n) is 5.39. The Kier molecular flexibility index (Phi) is 5.54. The lowest BCUT2D eigenvalue weighted by Crippen LogP contribution is -3.00. The quantitative estimate of drug-likeness (QED) is 0.407. The van der Waals surface area contributed by atoms with E-state index in [1.807, 2.05) is 6.07 Å². The van der Waals surface area contributed by atoms with Crippen molar-refractivity contribution >= 4 is 10.0 Å². The molecule has 2 rings (SSSR count). The van der Waals surface area contributed by atoms with Crippen LogP contribution in [0, 0.1) is 11.3 Å². The summed E-state index contributed by atoms with van der Waals surface area (Å²) in [5.74, 6) is 0. The second kappa shape index (κ2) is 6.39. The molecule has 1 heterocycles. The predicted octanol–water partition coefficient (Wildman–Crippen LogP) is -2.36. The Balaban J connectivity index is 0.00000200. The van der Waals surface area contributed by atoms with E-state index in [2.05, 4.69) is 14.1 Å². The van der Waals surface area contributed by atoms with Crippen molar-refractivity contribution < 1.29 is 36.9 Å². The lowest BCUT2D eigenvalue weighted by Gasteiger charge is -2.38.